The molecule has 0 saturated carbocycles. The standard InChI is InChI=1S/C23H25N3O2S2/c1-3-13-26-22(28)20-17-7-5-6-8-18(17)30-21(20)25-23(26)29-14-19(27)24-16-11-9-15(4-2)10-12-16/h3,9-12H,1,4-8,13-14H2,2H3,(H,24,27). The molecule has 0 spiro atoms. The van der Waals surface area contributed by atoms with Crippen molar-refractivity contribution in [2.75, 3.05) is 11.1 Å². The van der Waals surface area contributed by atoms with Crippen molar-refractivity contribution in [3.63, 3.8) is 0 Å². The summed E-state index contributed by atoms with van der Waals surface area (Å²) in [7, 11) is 0. The van der Waals surface area contributed by atoms with Crippen LogP contribution in [0.15, 0.2) is 46.9 Å². The van der Waals surface area contributed by atoms with Crippen molar-refractivity contribution >= 4 is 44.9 Å². The smallest absolute Gasteiger partial charge is 0.263 e. The molecule has 156 valence electrons. The maximum atomic E-state index is 13.2. The van der Waals surface area contributed by atoms with Gasteiger partial charge in [-0.25, -0.2) is 4.98 Å². The van der Waals surface area contributed by atoms with Crippen LogP contribution in [-0.4, -0.2) is 21.2 Å². The Kier molecular flexibility index (Phi) is 6.39. The predicted octanol–water partition coefficient (Wildman–Crippen LogP) is 4.82. The molecule has 1 N–H and O–H groups in total. The van der Waals surface area contributed by atoms with Crippen LogP contribution in [0.4, 0.5) is 5.69 Å². The van der Waals surface area contributed by atoms with Gasteiger partial charge in [-0.2, -0.15) is 0 Å². The van der Waals surface area contributed by atoms with E-state index in [2.05, 4.69) is 18.8 Å². The number of nitrogens with zero attached hydrogens (tertiary/aromatic N) is 2. The quantitative estimate of drug-likeness (QED) is 0.326. The highest BCUT2D eigenvalue weighted by molar-refractivity contribution is 7.99. The summed E-state index contributed by atoms with van der Waals surface area (Å²) in [5, 5.41) is 4.25. The normalized spacial score (nSPS) is 13.2. The Morgan fingerprint density at radius 3 is 2.80 bits per heavy atom. The molecular weight excluding hydrogens is 414 g/mol. The first-order chi connectivity index (χ1) is 14.6. The summed E-state index contributed by atoms with van der Waals surface area (Å²) in [6.07, 6.45) is 6.93. The maximum Gasteiger partial charge on any atom is 0.263 e. The van der Waals surface area contributed by atoms with Crippen molar-refractivity contribution in [2.45, 2.75) is 50.7 Å². The Morgan fingerprint density at radius 1 is 1.30 bits per heavy atom. The zero-order chi connectivity index (χ0) is 21.1. The zero-order valence-corrected chi connectivity index (χ0v) is 18.7. The molecule has 1 aliphatic carbocycles. The van der Waals surface area contributed by atoms with Gasteiger partial charge in [0.25, 0.3) is 5.56 Å². The number of allylic oxidation sites excluding steroid dienone is 1. The average Bonchev–Trinajstić information content (AvgIpc) is 3.13. The monoisotopic (exact) mass is 439 g/mol. The molecule has 2 aromatic heterocycles. The van der Waals surface area contributed by atoms with Gasteiger partial charge in [-0.3, -0.25) is 14.2 Å². The molecule has 7 heteroatoms. The van der Waals surface area contributed by atoms with Gasteiger partial charge in [0.15, 0.2) is 5.16 Å². The third-order valence-corrected chi connectivity index (χ3v) is 7.49. The van der Waals surface area contributed by atoms with Gasteiger partial charge in [0.1, 0.15) is 4.83 Å². The molecule has 4 rings (SSSR count). The lowest BCUT2D eigenvalue weighted by atomic mass is 9.97. The van der Waals surface area contributed by atoms with Gasteiger partial charge in [-0.05, 0) is 55.4 Å². The van der Waals surface area contributed by atoms with Gasteiger partial charge < -0.3 is 5.32 Å². The average molecular weight is 440 g/mol. The molecule has 0 radical (unpaired) electrons. The number of hydrogen-bond acceptors (Lipinski definition) is 5. The number of aromatic nitrogens is 2. The first-order valence-corrected chi connectivity index (χ1v) is 12.1. The topological polar surface area (TPSA) is 64.0 Å². The van der Waals surface area contributed by atoms with E-state index in [-0.39, 0.29) is 17.2 Å². The number of nitrogens with one attached hydrogen (secondary N) is 1. The zero-order valence-electron chi connectivity index (χ0n) is 17.1. The molecule has 2 heterocycles. The third kappa shape index (κ3) is 4.23. The Hall–Kier alpha value is -2.38. The molecule has 3 aromatic rings. The van der Waals surface area contributed by atoms with Crippen molar-refractivity contribution < 1.29 is 4.79 Å². The van der Waals surface area contributed by atoms with Crippen molar-refractivity contribution in [1.82, 2.24) is 9.55 Å². The van der Waals surface area contributed by atoms with E-state index in [1.54, 1.807) is 22.0 Å². The van der Waals surface area contributed by atoms with Crippen LogP contribution < -0.4 is 10.9 Å². The number of thioether (sulfide) groups is 1. The number of carbonyl (C=O) groups excluding carboxylic acids is 1. The van der Waals surface area contributed by atoms with Gasteiger partial charge in [0, 0.05) is 17.1 Å². The second-order valence-electron chi connectivity index (χ2n) is 7.38. The molecule has 0 unspecified atom stereocenters. The van der Waals surface area contributed by atoms with E-state index in [4.69, 9.17) is 4.98 Å². The number of thiophene rings is 1. The molecule has 0 atom stereocenters. The van der Waals surface area contributed by atoms with Crippen LogP contribution >= 0.6 is 23.1 Å². The molecule has 1 aliphatic rings. The number of anilines is 1. The number of fused-ring (bicyclic) bond motifs is 3. The minimum Gasteiger partial charge on any atom is -0.325 e. The van der Waals surface area contributed by atoms with E-state index in [1.807, 2.05) is 24.3 Å². The molecule has 1 aromatic carbocycles. The number of rotatable bonds is 7. The van der Waals surface area contributed by atoms with Crippen LogP contribution in [0.3, 0.4) is 0 Å². The van der Waals surface area contributed by atoms with E-state index < -0.39 is 0 Å². The van der Waals surface area contributed by atoms with Crippen LogP contribution in [0, 0.1) is 0 Å². The summed E-state index contributed by atoms with van der Waals surface area (Å²) >= 11 is 2.93. The molecule has 0 aliphatic heterocycles. The van der Waals surface area contributed by atoms with Crippen molar-refractivity contribution in [3.05, 3.63) is 63.3 Å². The summed E-state index contributed by atoms with van der Waals surface area (Å²) in [5.41, 5.74) is 3.17. The van der Waals surface area contributed by atoms with Gasteiger partial charge in [0.05, 0.1) is 11.1 Å². The van der Waals surface area contributed by atoms with Crippen LogP contribution in [-0.2, 0) is 30.6 Å². The first-order valence-electron chi connectivity index (χ1n) is 10.3. The van der Waals surface area contributed by atoms with Gasteiger partial charge in [-0.1, -0.05) is 36.9 Å². The predicted molar refractivity (Wildman–Crippen MR) is 126 cm³/mol. The van der Waals surface area contributed by atoms with E-state index in [1.165, 1.54) is 34.2 Å². The fraction of sp³-hybridized carbons (Fsp3) is 0.348. The van der Waals surface area contributed by atoms with Gasteiger partial charge in [-0.15, -0.1) is 17.9 Å². The molecule has 0 saturated heterocycles. The van der Waals surface area contributed by atoms with E-state index in [0.717, 1.165) is 41.6 Å². The van der Waals surface area contributed by atoms with Gasteiger partial charge in [0.2, 0.25) is 5.91 Å². The summed E-state index contributed by atoms with van der Waals surface area (Å²) in [5.74, 6) is 0.0737. The highest BCUT2D eigenvalue weighted by atomic mass is 32.2. The number of benzene rings is 1. The lowest BCUT2D eigenvalue weighted by molar-refractivity contribution is -0.113. The van der Waals surface area contributed by atoms with E-state index in [0.29, 0.717) is 11.7 Å². The second-order valence-corrected chi connectivity index (χ2v) is 9.40. The van der Waals surface area contributed by atoms with E-state index in [9.17, 15) is 9.59 Å². The highest BCUT2D eigenvalue weighted by Crippen LogP contribution is 2.34. The number of aryl methyl sites for hydroxylation is 3. The SMILES string of the molecule is C=CCn1c(SCC(=O)Nc2ccc(CC)cc2)nc2sc3c(c2c1=O)CCCC3. The van der Waals surface area contributed by atoms with Crippen molar-refractivity contribution in [2.24, 2.45) is 0 Å². The minimum absolute atomic E-state index is 0.0163. The Bertz CT molecular complexity index is 1150. The molecule has 30 heavy (non-hydrogen) atoms. The molecule has 1 amide bonds. The van der Waals surface area contributed by atoms with Crippen molar-refractivity contribution in [3.8, 4) is 0 Å². The van der Waals surface area contributed by atoms with Crippen LogP contribution in [0.1, 0.15) is 35.8 Å². The van der Waals surface area contributed by atoms with E-state index >= 15 is 0 Å². The number of carbonyl (C=O) groups is 1. The van der Waals surface area contributed by atoms with Crippen LogP contribution in [0.25, 0.3) is 10.2 Å². The summed E-state index contributed by atoms with van der Waals surface area (Å²) < 4.78 is 1.64. The summed E-state index contributed by atoms with van der Waals surface area (Å²) in [4.78, 5) is 32.6. The Labute approximate surface area is 184 Å². The second kappa shape index (κ2) is 9.18. The fourth-order valence-electron chi connectivity index (χ4n) is 3.77. The lowest BCUT2D eigenvalue weighted by Gasteiger charge is -2.12. The molecular formula is C23H25N3O2S2. The molecule has 0 fully saturated rings. The molecule has 5 nitrogen and oxygen atoms in total. The molecule has 0 bridgehead atoms. The third-order valence-electron chi connectivity index (χ3n) is 5.33. The Morgan fingerprint density at radius 2 is 2.07 bits per heavy atom. The van der Waals surface area contributed by atoms with Gasteiger partial charge >= 0.3 is 0 Å². The van der Waals surface area contributed by atoms with Crippen LogP contribution in [0.5, 0.6) is 0 Å². The maximum absolute atomic E-state index is 13.2. The fourth-order valence-corrected chi connectivity index (χ4v) is 5.88. The largest absolute Gasteiger partial charge is 0.325 e. The van der Waals surface area contributed by atoms with Crippen LogP contribution in [0.2, 0.25) is 0 Å². The lowest BCUT2D eigenvalue weighted by Crippen LogP contribution is -2.24. The van der Waals surface area contributed by atoms with Crippen molar-refractivity contribution in [1.29, 1.82) is 0 Å². The minimum atomic E-state index is -0.116. The number of amides is 1. The first kappa shape index (κ1) is 20.9. The highest BCUT2D eigenvalue weighted by Gasteiger charge is 2.22. The Balaban J connectivity index is 1.56. The summed E-state index contributed by atoms with van der Waals surface area (Å²) in [6.45, 7) is 6.27. The summed E-state index contributed by atoms with van der Waals surface area (Å²) in [6, 6.07) is 7.85. The number of hydrogen-bond donors (Lipinski definition) is 1.